The predicted molar refractivity (Wildman–Crippen MR) is 79.0 cm³/mol. The van der Waals surface area contributed by atoms with Gasteiger partial charge in [-0.1, -0.05) is 12.1 Å². The van der Waals surface area contributed by atoms with Crippen molar-refractivity contribution in [2.45, 2.75) is 0 Å². The van der Waals surface area contributed by atoms with Crippen LogP contribution in [0, 0.1) is 20.9 Å². The Bertz CT molecular complexity index is 621. The molecular weight excluding hydrogens is 412 g/mol. The maximum atomic E-state index is 12.8. The molecule has 0 aliphatic rings. The molecule has 0 unspecified atom stereocenters. The molecule has 0 saturated heterocycles. The highest BCUT2D eigenvalue weighted by Gasteiger charge is 2.07. The number of allylic oxidation sites excluding steroid dienone is 1. The van der Waals surface area contributed by atoms with Crippen LogP contribution in [-0.2, 0) is 0 Å². The van der Waals surface area contributed by atoms with Gasteiger partial charge in [0, 0.05) is 22.6 Å². The van der Waals surface area contributed by atoms with Gasteiger partial charge in [-0.2, -0.15) is 5.26 Å². The molecule has 0 aliphatic heterocycles. The van der Waals surface area contributed by atoms with Gasteiger partial charge < -0.3 is 4.42 Å². The van der Waals surface area contributed by atoms with E-state index in [0.717, 1.165) is 8.24 Å². The van der Waals surface area contributed by atoms with E-state index in [0.29, 0.717) is 16.9 Å². The highest BCUT2D eigenvalue weighted by molar-refractivity contribution is 14.1. The monoisotopic (exact) mass is 417 g/mol. The smallest absolute Gasteiger partial charge is 0.178 e. The number of halogens is 3. The van der Waals surface area contributed by atoms with Crippen LogP contribution < -0.4 is 0 Å². The fourth-order valence-corrected chi connectivity index (χ4v) is 2.10. The van der Waals surface area contributed by atoms with Crippen LogP contribution in [0.15, 0.2) is 39.2 Å². The fraction of sp³-hybridized carbons (Fsp3) is 0. The highest BCUT2D eigenvalue weighted by atomic mass is 127. The Hall–Kier alpha value is -1.13. The van der Waals surface area contributed by atoms with Crippen LogP contribution in [0.25, 0.3) is 11.6 Å². The lowest BCUT2D eigenvalue weighted by molar-refractivity contribution is 0.527. The summed E-state index contributed by atoms with van der Waals surface area (Å²) in [4.78, 5) is 0. The van der Waals surface area contributed by atoms with E-state index in [1.165, 1.54) is 12.1 Å². The number of hydrogen-bond donors (Lipinski definition) is 0. The summed E-state index contributed by atoms with van der Waals surface area (Å²) < 4.78 is 19.8. The van der Waals surface area contributed by atoms with Gasteiger partial charge in [0.15, 0.2) is 3.77 Å². The third kappa shape index (κ3) is 3.00. The number of benzene rings is 1. The van der Waals surface area contributed by atoms with Crippen LogP contribution in [-0.4, -0.2) is 0 Å². The molecule has 5 heteroatoms. The molecule has 1 heterocycles. The molecule has 1 aromatic heterocycles. The first-order valence-electron chi connectivity index (χ1n) is 4.92. The van der Waals surface area contributed by atoms with Crippen molar-refractivity contribution in [2.24, 2.45) is 0 Å². The SMILES string of the molecule is N#C/C(=C\c1cc(Br)c(I)o1)c1ccc(F)cc1. The summed E-state index contributed by atoms with van der Waals surface area (Å²) in [6.45, 7) is 0. The molecule has 2 aromatic rings. The van der Waals surface area contributed by atoms with E-state index in [-0.39, 0.29) is 5.82 Å². The second-order valence-electron chi connectivity index (χ2n) is 3.45. The van der Waals surface area contributed by atoms with E-state index in [1.807, 2.05) is 22.6 Å². The Labute approximate surface area is 125 Å². The predicted octanol–water partition coefficient (Wildman–Crippen LogP) is 4.85. The molecule has 2 rings (SSSR count). The van der Waals surface area contributed by atoms with E-state index in [2.05, 4.69) is 22.0 Å². The first kappa shape index (κ1) is 13.3. The summed E-state index contributed by atoms with van der Waals surface area (Å²) in [5.41, 5.74) is 1.08. The van der Waals surface area contributed by atoms with E-state index >= 15 is 0 Å². The van der Waals surface area contributed by atoms with Gasteiger partial charge in [0.1, 0.15) is 11.6 Å². The normalized spacial score (nSPS) is 11.3. The molecule has 0 amide bonds. The molecule has 1 aromatic carbocycles. The number of nitriles is 1. The van der Waals surface area contributed by atoms with Gasteiger partial charge in [0.2, 0.25) is 0 Å². The number of rotatable bonds is 2. The van der Waals surface area contributed by atoms with Crippen molar-refractivity contribution in [1.29, 1.82) is 5.26 Å². The molecule has 0 atom stereocenters. The largest absolute Gasteiger partial charge is 0.450 e. The van der Waals surface area contributed by atoms with Gasteiger partial charge in [-0.15, -0.1) is 0 Å². The van der Waals surface area contributed by atoms with Gasteiger partial charge in [-0.25, -0.2) is 4.39 Å². The first-order valence-corrected chi connectivity index (χ1v) is 6.80. The lowest BCUT2D eigenvalue weighted by Gasteiger charge is -1.97. The molecule has 0 bridgehead atoms. The quantitative estimate of drug-likeness (QED) is 0.517. The standard InChI is InChI=1S/C13H6BrFINO/c14-12-6-11(18-13(12)16)5-9(7-17)8-1-3-10(15)4-2-8/h1-6H/b9-5+. The maximum Gasteiger partial charge on any atom is 0.178 e. The Morgan fingerprint density at radius 3 is 2.56 bits per heavy atom. The molecule has 0 fully saturated rings. The lowest BCUT2D eigenvalue weighted by atomic mass is 10.1. The number of hydrogen-bond acceptors (Lipinski definition) is 2. The van der Waals surface area contributed by atoms with Gasteiger partial charge >= 0.3 is 0 Å². The average molecular weight is 418 g/mol. The van der Waals surface area contributed by atoms with E-state index in [9.17, 15) is 4.39 Å². The Morgan fingerprint density at radius 2 is 2.06 bits per heavy atom. The summed E-state index contributed by atoms with van der Waals surface area (Å²) in [7, 11) is 0. The zero-order valence-corrected chi connectivity index (χ0v) is 12.7. The minimum Gasteiger partial charge on any atom is -0.450 e. The Morgan fingerprint density at radius 1 is 1.39 bits per heavy atom. The summed E-state index contributed by atoms with van der Waals surface area (Å²) in [5, 5.41) is 9.12. The van der Waals surface area contributed by atoms with Crippen molar-refractivity contribution in [3.63, 3.8) is 0 Å². The number of furan rings is 1. The van der Waals surface area contributed by atoms with Crippen molar-refractivity contribution < 1.29 is 8.81 Å². The third-order valence-corrected chi connectivity index (χ3v) is 4.36. The fourth-order valence-electron chi connectivity index (χ4n) is 1.39. The van der Waals surface area contributed by atoms with Gasteiger partial charge in [0.25, 0.3) is 0 Å². The molecule has 0 saturated carbocycles. The minimum atomic E-state index is -0.327. The lowest BCUT2D eigenvalue weighted by Crippen LogP contribution is -1.82. The Balaban J connectivity index is 2.40. The van der Waals surface area contributed by atoms with Crippen molar-refractivity contribution in [3.8, 4) is 6.07 Å². The summed E-state index contributed by atoms with van der Waals surface area (Å²) in [6.07, 6.45) is 1.63. The van der Waals surface area contributed by atoms with Gasteiger partial charge in [0.05, 0.1) is 16.1 Å². The molecule has 0 aliphatic carbocycles. The van der Waals surface area contributed by atoms with Crippen molar-refractivity contribution >= 4 is 50.2 Å². The molecule has 18 heavy (non-hydrogen) atoms. The third-order valence-electron chi connectivity index (χ3n) is 2.23. The molecule has 0 N–H and O–H groups in total. The van der Waals surface area contributed by atoms with Gasteiger partial charge in [-0.05, 0) is 45.8 Å². The van der Waals surface area contributed by atoms with E-state index in [4.69, 9.17) is 9.68 Å². The number of nitrogens with zero attached hydrogens (tertiary/aromatic N) is 1. The highest BCUT2D eigenvalue weighted by Crippen LogP contribution is 2.26. The van der Waals surface area contributed by atoms with Crippen LogP contribution >= 0.6 is 38.5 Å². The van der Waals surface area contributed by atoms with Crippen molar-refractivity contribution in [3.05, 3.63) is 55.7 Å². The van der Waals surface area contributed by atoms with Crippen molar-refractivity contribution in [1.82, 2.24) is 0 Å². The topological polar surface area (TPSA) is 36.9 Å². The van der Waals surface area contributed by atoms with Crippen LogP contribution in [0.2, 0.25) is 0 Å². The summed E-state index contributed by atoms with van der Waals surface area (Å²) in [6, 6.07) is 9.63. The first-order chi connectivity index (χ1) is 8.60. The van der Waals surface area contributed by atoms with Crippen LogP contribution in [0.1, 0.15) is 11.3 Å². The molecule has 2 nitrogen and oxygen atoms in total. The zero-order chi connectivity index (χ0) is 13.1. The summed E-state index contributed by atoms with van der Waals surface area (Å²) >= 11 is 5.38. The Kier molecular flexibility index (Phi) is 4.19. The van der Waals surface area contributed by atoms with Crippen LogP contribution in [0.3, 0.4) is 0 Å². The van der Waals surface area contributed by atoms with E-state index < -0.39 is 0 Å². The van der Waals surface area contributed by atoms with Gasteiger partial charge in [-0.3, -0.25) is 0 Å². The molecular formula is C13H6BrFINO. The minimum absolute atomic E-state index is 0.327. The summed E-state index contributed by atoms with van der Waals surface area (Å²) in [5.74, 6) is 0.249. The molecule has 90 valence electrons. The molecule has 0 radical (unpaired) electrons. The molecule has 0 spiro atoms. The second-order valence-corrected chi connectivity index (χ2v) is 5.28. The second kappa shape index (κ2) is 5.67. The van der Waals surface area contributed by atoms with Crippen molar-refractivity contribution in [2.75, 3.05) is 0 Å². The van der Waals surface area contributed by atoms with Crippen LogP contribution in [0.4, 0.5) is 4.39 Å². The van der Waals surface area contributed by atoms with Crippen LogP contribution in [0.5, 0.6) is 0 Å². The average Bonchev–Trinajstić information content (AvgIpc) is 2.67. The van der Waals surface area contributed by atoms with E-state index in [1.54, 1.807) is 24.3 Å². The maximum absolute atomic E-state index is 12.8. The zero-order valence-electron chi connectivity index (χ0n) is 8.95.